The van der Waals surface area contributed by atoms with E-state index in [9.17, 15) is 0 Å². The zero-order chi connectivity index (χ0) is 15.8. The molecule has 22 heavy (non-hydrogen) atoms. The van der Waals surface area contributed by atoms with Crippen LogP contribution in [0.4, 0.5) is 0 Å². The van der Waals surface area contributed by atoms with Gasteiger partial charge in [0.15, 0.2) is 5.96 Å². The molecule has 0 saturated heterocycles. The number of hydrogen-bond donors (Lipinski definition) is 2. The molecule has 122 valence electrons. The second kappa shape index (κ2) is 8.66. The average Bonchev–Trinajstić information content (AvgIpc) is 2.54. The SMILES string of the molecule is CCOc1cccc(CNC(=NC)NC2CCC(C)CC2)c1. The molecule has 0 bridgehead atoms. The van der Waals surface area contributed by atoms with E-state index in [0.717, 1.165) is 24.2 Å². The van der Waals surface area contributed by atoms with Crippen LogP contribution in [0.2, 0.25) is 0 Å². The Bertz CT molecular complexity index is 479. The molecule has 4 nitrogen and oxygen atoms in total. The highest BCUT2D eigenvalue weighted by Gasteiger charge is 2.18. The van der Waals surface area contributed by atoms with Crippen LogP contribution in [0.15, 0.2) is 29.3 Å². The summed E-state index contributed by atoms with van der Waals surface area (Å²) in [7, 11) is 1.83. The summed E-state index contributed by atoms with van der Waals surface area (Å²) in [5.41, 5.74) is 1.20. The third-order valence-electron chi connectivity index (χ3n) is 4.25. The first-order valence-corrected chi connectivity index (χ1v) is 8.40. The minimum absolute atomic E-state index is 0.553. The zero-order valence-corrected chi connectivity index (χ0v) is 14.1. The van der Waals surface area contributed by atoms with Gasteiger partial charge in [0.2, 0.25) is 0 Å². The van der Waals surface area contributed by atoms with Crippen LogP contribution in [0.25, 0.3) is 0 Å². The Morgan fingerprint density at radius 1 is 1.27 bits per heavy atom. The van der Waals surface area contributed by atoms with Crippen molar-refractivity contribution in [1.82, 2.24) is 10.6 Å². The van der Waals surface area contributed by atoms with Crippen LogP contribution in [0.5, 0.6) is 5.75 Å². The van der Waals surface area contributed by atoms with Crippen molar-refractivity contribution in [3.05, 3.63) is 29.8 Å². The Morgan fingerprint density at radius 3 is 2.73 bits per heavy atom. The summed E-state index contributed by atoms with van der Waals surface area (Å²) in [5, 5.41) is 6.94. The van der Waals surface area contributed by atoms with E-state index in [1.54, 1.807) is 0 Å². The molecule has 2 rings (SSSR count). The summed E-state index contributed by atoms with van der Waals surface area (Å²) in [5.74, 6) is 2.68. The number of ether oxygens (including phenoxy) is 1. The van der Waals surface area contributed by atoms with Crippen molar-refractivity contribution in [3.8, 4) is 5.75 Å². The second-order valence-electron chi connectivity index (χ2n) is 6.11. The van der Waals surface area contributed by atoms with Gasteiger partial charge in [0.05, 0.1) is 6.61 Å². The molecule has 1 saturated carbocycles. The van der Waals surface area contributed by atoms with Gasteiger partial charge in [-0.15, -0.1) is 0 Å². The molecule has 0 aromatic heterocycles. The molecular formula is C18H29N3O. The van der Waals surface area contributed by atoms with Crippen molar-refractivity contribution in [2.45, 2.75) is 52.1 Å². The minimum atomic E-state index is 0.553. The van der Waals surface area contributed by atoms with Crippen molar-refractivity contribution in [2.24, 2.45) is 10.9 Å². The van der Waals surface area contributed by atoms with Crippen LogP contribution in [0.3, 0.4) is 0 Å². The van der Waals surface area contributed by atoms with Crippen molar-refractivity contribution in [3.63, 3.8) is 0 Å². The number of hydrogen-bond acceptors (Lipinski definition) is 2. The van der Waals surface area contributed by atoms with Crippen LogP contribution in [-0.4, -0.2) is 25.7 Å². The molecule has 4 heteroatoms. The molecule has 0 amide bonds. The fourth-order valence-corrected chi connectivity index (χ4v) is 2.89. The highest BCUT2D eigenvalue weighted by molar-refractivity contribution is 5.79. The minimum Gasteiger partial charge on any atom is -0.494 e. The summed E-state index contributed by atoms with van der Waals surface area (Å²) in [4.78, 5) is 4.34. The molecule has 1 aromatic rings. The van der Waals surface area contributed by atoms with E-state index >= 15 is 0 Å². The van der Waals surface area contributed by atoms with E-state index in [1.807, 2.05) is 26.1 Å². The van der Waals surface area contributed by atoms with Crippen molar-refractivity contribution in [1.29, 1.82) is 0 Å². The fraction of sp³-hybridized carbons (Fsp3) is 0.611. The van der Waals surface area contributed by atoms with Gasteiger partial charge in [0.25, 0.3) is 0 Å². The second-order valence-corrected chi connectivity index (χ2v) is 6.11. The maximum atomic E-state index is 5.54. The maximum absolute atomic E-state index is 5.54. The first kappa shape index (κ1) is 16.7. The van der Waals surface area contributed by atoms with E-state index in [-0.39, 0.29) is 0 Å². The molecule has 1 aliphatic rings. The quantitative estimate of drug-likeness (QED) is 0.648. The lowest BCUT2D eigenvalue weighted by Crippen LogP contribution is -2.44. The monoisotopic (exact) mass is 303 g/mol. The van der Waals surface area contributed by atoms with Gasteiger partial charge < -0.3 is 15.4 Å². The van der Waals surface area contributed by atoms with E-state index in [2.05, 4.69) is 34.7 Å². The van der Waals surface area contributed by atoms with E-state index in [0.29, 0.717) is 12.6 Å². The lowest BCUT2D eigenvalue weighted by molar-refractivity contribution is 0.329. The third-order valence-corrected chi connectivity index (χ3v) is 4.25. The first-order chi connectivity index (χ1) is 10.7. The lowest BCUT2D eigenvalue weighted by atomic mass is 9.87. The Balaban J connectivity index is 1.82. The number of nitrogens with zero attached hydrogens (tertiary/aromatic N) is 1. The summed E-state index contributed by atoms with van der Waals surface area (Å²) >= 11 is 0. The molecule has 0 atom stereocenters. The number of guanidine groups is 1. The van der Waals surface area contributed by atoms with Gasteiger partial charge in [-0.3, -0.25) is 4.99 Å². The van der Waals surface area contributed by atoms with Gasteiger partial charge >= 0.3 is 0 Å². The van der Waals surface area contributed by atoms with Crippen molar-refractivity contribution >= 4 is 5.96 Å². The highest BCUT2D eigenvalue weighted by atomic mass is 16.5. The number of aliphatic imine (C=N–C) groups is 1. The molecule has 0 aliphatic heterocycles. The standard InChI is InChI=1S/C18H29N3O/c1-4-22-17-7-5-6-15(12-17)13-20-18(19-3)21-16-10-8-14(2)9-11-16/h5-7,12,14,16H,4,8-11,13H2,1-3H3,(H2,19,20,21). The summed E-state index contributed by atoms with van der Waals surface area (Å²) in [6.07, 6.45) is 5.10. The smallest absolute Gasteiger partial charge is 0.191 e. The summed E-state index contributed by atoms with van der Waals surface area (Å²) < 4.78 is 5.54. The number of benzene rings is 1. The van der Waals surface area contributed by atoms with E-state index in [1.165, 1.54) is 31.2 Å². The van der Waals surface area contributed by atoms with Gasteiger partial charge in [0.1, 0.15) is 5.75 Å². The topological polar surface area (TPSA) is 45.6 Å². The number of nitrogens with one attached hydrogen (secondary N) is 2. The maximum Gasteiger partial charge on any atom is 0.191 e. The molecule has 1 aromatic carbocycles. The summed E-state index contributed by atoms with van der Waals surface area (Å²) in [6, 6.07) is 8.75. The Morgan fingerprint density at radius 2 is 2.05 bits per heavy atom. The van der Waals surface area contributed by atoms with Gasteiger partial charge in [0, 0.05) is 19.6 Å². The molecule has 0 unspecified atom stereocenters. The Labute approximate surface area is 134 Å². The first-order valence-electron chi connectivity index (χ1n) is 8.40. The van der Waals surface area contributed by atoms with Crippen LogP contribution >= 0.6 is 0 Å². The largest absolute Gasteiger partial charge is 0.494 e. The zero-order valence-electron chi connectivity index (χ0n) is 14.1. The average molecular weight is 303 g/mol. The number of rotatable bonds is 5. The molecule has 1 aliphatic carbocycles. The predicted molar refractivity (Wildman–Crippen MR) is 92.4 cm³/mol. The molecule has 2 N–H and O–H groups in total. The Hall–Kier alpha value is -1.71. The highest BCUT2D eigenvalue weighted by Crippen LogP contribution is 2.23. The van der Waals surface area contributed by atoms with Crippen LogP contribution in [-0.2, 0) is 6.54 Å². The molecule has 0 spiro atoms. The van der Waals surface area contributed by atoms with Gasteiger partial charge in [-0.2, -0.15) is 0 Å². The molecule has 0 radical (unpaired) electrons. The molecule has 0 heterocycles. The van der Waals surface area contributed by atoms with Crippen molar-refractivity contribution < 1.29 is 4.74 Å². The Kier molecular flexibility index (Phi) is 6.56. The van der Waals surface area contributed by atoms with Crippen LogP contribution in [0.1, 0.15) is 45.1 Å². The van der Waals surface area contributed by atoms with Crippen LogP contribution in [0, 0.1) is 5.92 Å². The molecular weight excluding hydrogens is 274 g/mol. The fourth-order valence-electron chi connectivity index (χ4n) is 2.89. The lowest BCUT2D eigenvalue weighted by Gasteiger charge is -2.28. The van der Waals surface area contributed by atoms with E-state index in [4.69, 9.17) is 4.74 Å². The van der Waals surface area contributed by atoms with Gasteiger partial charge in [-0.25, -0.2) is 0 Å². The normalized spacial score (nSPS) is 22.2. The molecule has 1 fully saturated rings. The van der Waals surface area contributed by atoms with E-state index < -0.39 is 0 Å². The summed E-state index contributed by atoms with van der Waals surface area (Å²) in [6.45, 7) is 5.79. The third kappa shape index (κ3) is 5.24. The van der Waals surface area contributed by atoms with Gasteiger partial charge in [-0.05, 0) is 56.2 Å². The van der Waals surface area contributed by atoms with Gasteiger partial charge in [-0.1, -0.05) is 19.1 Å². The van der Waals surface area contributed by atoms with Crippen LogP contribution < -0.4 is 15.4 Å². The van der Waals surface area contributed by atoms with Crippen molar-refractivity contribution in [2.75, 3.05) is 13.7 Å². The predicted octanol–water partition coefficient (Wildman–Crippen LogP) is 3.33.